The van der Waals surface area contributed by atoms with Crippen LogP contribution in [0.4, 0.5) is 17.1 Å². The van der Waals surface area contributed by atoms with Gasteiger partial charge in [-0.05, 0) is 129 Å². The van der Waals surface area contributed by atoms with Crippen molar-refractivity contribution in [1.29, 1.82) is 0 Å². The molecule has 2 aliphatic rings. The molecule has 0 N–H and O–H groups in total. The van der Waals surface area contributed by atoms with Gasteiger partial charge in [0.25, 0.3) is 0 Å². The molecule has 0 bridgehead atoms. The molecule has 9 aromatic carbocycles. The Morgan fingerprint density at radius 2 is 0.525 bits per heavy atom. The monoisotopic (exact) mass is 761 g/mol. The molecule has 2 heterocycles. The van der Waals surface area contributed by atoms with Crippen LogP contribution in [0.3, 0.4) is 0 Å². The fourth-order valence-electron chi connectivity index (χ4n) is 7.80. The number of nitrogens with zero attached hydrogens (tertiary/aromatic N) is 1. The Balaban J connectivity index is 0.960. The van der Waals surface area contributed by atoms with Gasteiger partial charge in [0, 0.05) is 17.1 Å². The van der Waals surface area contributed by atoms with Crippen molar-refractivity contribution in [2.24, 2.45) is 0 Å². The molecule has 0 aromatic heterocycles. The first-order valence-corrected chi connectivity index (χ1v) is 19.6. The van der Waals surface area contributed by atoms with Crippen LogP contribution < -0.4 is 23.8 Å². The van der Waals surface area contributed by atoms with Gasteiger partial charge in [-0.2, -0.15) is 0 Å². The highest BCUT2D eigenvalue weighted by Crippen LogP contribution is 2.48. The topological polar surface area (TPSA) is 40.2 Å². The van der Waals surface area contributed by atoms with E-state index in [1.165, 1.54) is 11.1 Å². The standard InChI is InChI=1S/C54H35NO4/c1-2-10-36(11-3-1)37-20-22-38(23-21-37)39-24-28-44(29-25-39)55(45-14-8-12-40(32-45)42-26-30-51-53(34-42)58-49-18-6-4-16-47(49)56-51)46-15-9-13-41(33-46)43-27-31-52-54(35-43)59-50-19-7-5-17-48(50)57-52/h1-35H. The SMILES string of the molecule is c1ccc(-c2ccc(-c3ccc(N(c4cccc(-c5ccc6c(c5)Oc5ccccc5O6)c4)c4cccc(-c5ccc6c(c5)Oc5ccccc5O6)c4)cc3)cc2)cc1. The molecule has 0 atom stereocenters. The van der Waals surface area contributed by atoms with Crippen LogP contribution in [0.1, 0.15) is 0 Å². The van der Waals surface area contributed by atoms with Gasteiger partial charge in [-0.1, -0.05) is 127 Å². The minimum Gasteiger partial charge on any atom is -0.450 e. The third-order valence-corrected chi connectivity index (χ3v) is 10.8. The molecule has 5 heteroatoms. The molecule has 0 spiro atoms. The maximum Gasteiger partial charge on any atom is 0.170 e. The number of ether oxygens (including phenoxy) is 4. The second-order valence-electron chi connectivity index (χ2n) is 14.6. The highest BCUT2D eigenvalue weighted by atomic mass is 16.6. The number of rotatable bonds is 7. The van der Waals surface area contributed by atoms with E-state index in [4.69, 9.17) is 18.9 Å². The number of benzene rings is 9. The first kappa shape index (κ1) is 34.2. The zero-order valence-corrected chi connectivity index (χ0v) is 31.8. The van der Waals surface area contributed by atoms with Crippen molar-refractivity contribution in [3.8, 4) is 90.5 Å². The van der Waals surface area contributed by atoms with Gasteiger partial charge in [-0.25, -0.2) is 0 Å². The molecule has 2 aliphatic heterocycles. The van der Waals surface area contributed by atoms with E-state index < -0.39 is 0 Å². The predicted molar refractivity (Wildman–Crippen MR) is 236 cm³/mol. The van der Waals surface area contributed by atoms with E-state index in [1.54, 1.807) is 0 Å². The van der Waals surface area contributed by atoms with Gasteiger partial charge in [0.1, 0.15) is 0 Å². The van der Waals surface area contributed by atoms with E-state index in [1.807, 2.05) is 78.9 Å². The minimum atomic E-state index is 0.687. The molecule has 9 aromatic rings. The number of anilines is 3. The Morgan fingerprint density at radius 1 is 0.203 bits per heavy atom. The van der Waals surface area contributed by atoms with Crippen LogP contribution in [0.5, 0.6) is 46.0 Å². The average Bonchev–Trinajstić information content (AvgIpc) is 3.31. The summed E-state index contributed by atoms with van der Waals surface area (Å²) in [5.41, 5.74) is 11.9. The maximum absolute atomic E-state index is 6.29. The quantitative estimate of drug-likeness (QED) is 0.162. The molecule has 0 unspecified atom stereocenters. The van der Waals surface area contributed by atoms with Gasteiger partial charge in [0.05, 0.1) is 0 Å². The fourth-order valence-corrected chi connectivity index (χ4v) is 7.80. The lowest BCUT2D eigenvalue weighted by atomic mass is 9.99. The van der Waals surface area contributed by atoms with E-state index in [0.29, 0.717) is 46.0 Å². The Labute approximate surface area is 342 Å². The second kappa shape index (κ2) is 14.5. The van der Waals surface area contributed by atoms with E-state index in [0.717, 1.165) is 50.4 Å². The number of hydrogen-bond acceptors (Lipinski definition) is 5. The number of fused-ring (bicyclic) bond motifs is 4. The summed E-state index contributed by atoms with van der Waals surface area (Å²) in [6, 6.07) is 73.0. The largest absolute Gasteiger partial charge is 0.450 e. The highest BCUT2D eigenvalue weighted by Gasteiger charge is 2.22. The van der Waals surface area contributed by atoms with E-state index >= 15 is 0 Å². The summed E-state index contributed by atoms with van der Waals surface area (Å²) < 4.78 is 24.9. The van der Waals surface area contributed by atoms with Crippen molar-refractivity contribution in [1.82, 2.24) is 0 Å². The third-order valence-electron chi connectivity index (χ3n) is 10.8. The summed E-state index contributed by atoms with van der Waals surface area (Å²) in [4.78, 5) is 2.30. The molecule has 0 saturated carbocycles. The summed E-state index contributed by atoms with van der Waals surface area (Å²) in [5.74, 6) is 5.60. The zero-order chi connectivity index (χ0) is 39.1. The molecule has 0 fully saturated rings. The Morgan fingerprint density at radius 3 is 0.983 bits per heavy atom. The van der Waals surface area contributed by atoms with Crippen molar-refractivity contribution in [2.75, 3.05) is 4.90 Å². The van der Waals surface area contributed by atoms with Gasteiger partial charge < -0.3 is 23.8 Å². The molecule has 0 amide bonds. The van der Waals surface area contributed by atoms with Crippen LogP contribution in [-0.4, -0.2) is 0 Å². The number of hydrogen-bond donors (Lipinski definition) is 0. The van der Waals surface area contributed by atoms with E-state index in [-0.39, 0.29) is 0 Å². The lowest BCUT2D eigenvalue weighted by Gasteiger charge is -2.27. The van der Waals surface area contributed by atoms with Crippen LogP contribution in [0.25, 0.3) is 44.5 Å². The van der Waals surface area contributed by atoms with Crippen LogP contribution in [0, 0.1) is 0 Å². The van der Waals surface area contributed by atoms with Gasteiger partial charge in [0.15, 0.2) is 46.0 Å². The van der Waals surface area contributed by atoms with E-state index in [2.05, 4.69) is 138 Å². The van der Waals surface area contributed by atoms with Gasteiger partial charge in [-0.15, -0.1) is 0 Å². The van der Waals surface area contributed by atoms with Crippen LogP contribution in [0.2, 0.25) is 0 Å². The van der Waals surface area contributed by atoms with Crippen LogP contribution >= 0.6 is 0 Å². The smallest absolute Gasteiger partial charge is 0.170 e. The molecular formula is C54H35NO4. The summed E-state index contributed by atoms with van der Waals surface area (Å²) in [6.07, 6.45) is 0. The van der Waals surface area contributed by atoms with Crippen molar-refractivity contribution in [2.45, 2.75) is 0 Å². The molecular weight excluding hydrogens is 727 g/mol. The van der Waals surface area contributed by atoms with Crippen molar-refractivity contribution >= 4 is 17.1 Å². The normalized spacial score (nSPS) is 11.9. The van der Waals surface area contributed by atoms with E-state index in [9.17, 15) is 0 Å². The molecule has 0 radical (unpaired) electrons. The van der Waals surface area contributed by atoms with Crippen LogP contribution in [0.15, 0.2) is 212 Å². The Bertz CT molecular complexity index is 2850. The summed E-state index contributed by atoms with van der Waals surface area (Å²) in [7, 11) is 0. The lowest BCUT2D eigenvalue weighted by molar-refractivity contribution is 0.360. The van der Waals surface area contributed by atoms with Gasteiger partial charge in [0.2, 0.25) is 0 Å². The molecule has 0 aliphatic carbocycles. The summed E-state index contributed by atoms with van der Waals surface area (Å²) in [5, 5.41) is 0. The maximum atomic E-state index is 6.29. The van der Waals surface area contributed by atoms with Crippen molar-refractivity contribution in [3.05, 3.63) is 212 Å². The highest BCUT2D eigenvalue weighted by molar-refractivity contribution is 5.84. The summed E-state index contributed by atoms with van der Waals surface area (Å²) in [6.45, 7) is 0. The minimum absolute atomic E-state index is 0.687. The van der Waals surface area contributed by atoms with Crippen LogP contribution in [-0.2, 0) is 0 Å². The zero-order valence-electron chi connectivity index (χ0n) is 31.8. The molecule has 5 nitrogen and oxygen atoms in total. The number of para-hydroxylation sites is 4. The van der Waals surface area contributed by atoms with Gasteiger partial charge >= 0.3 is 0 Å². The second-order valence-corrected chi connectivity index (χ2v) is 14.6. The molecule has 0 saturated heterocycles. The molecule has 59 heavy (non-hydrogen) atoms. The third kappa shape index (κ3) is 6.61. The Kier molecular flexibility index (Phi) is 8.41. The molecule has 11 rings (SSSR count). The Hall–Kier alpha value is -8.02. The average molecular weight is 762 g/mol. The van der Waals surface area contributed by atoms with Crippen molar-refractivity contribution < 1.29 is 18.9 Å². The molecule has 280 valence electrons. The lowest BCUT2D eigenvalue weighted by Crippen LogP contribution is -2.10. The first-order chi connectivity index (χ1) is 29.2. The summed E-state index contributed by atoms with van der Waals surface area (Å²) >= 11 is 0. The van der Waals surface area contributed by atoms with Crippen molar-refractivity contribution in [3.63, 3.8) is 0 Å². The predicted octanol–water partition coefficient (Wildman–Crippen LogP) is 15.6. The van der Waals surface area contributed by atoms with Gasteiger partial charge in [-0.3, -0.25) is 0 Å². The first-order valence-electron chi connectivity index (χ1n) is 19.6. The fraction of sp³-hybridized carbons (Fsp3) is 0.